The number of thiophene rings is 1. The summed E-state index contributed by atoms with van der Waals surface area (Å²) in [6.07, 6.45) is 3.53. The van der Waals surface area contributed by atoms with Crippen LogP contribution in [0.5, 0.6) is 0 Å². The van der Waals surface area contributed by atoms with Gasteiger partial charge in [0.05, 0.1) is 68.1 Å². The van der Waals surface area contributed by atoms with E-state index in [1.165, 1.54) is 13.0 Å². The van der Waals surface area contributed by atoms with Crippen molar-refractivity contribution in [3.05, 3.63) is 34.9 Å². The zero-order valence-electron chi connectivity index (χ0n) is 25.3. The standard InChI is InChI=1S/C31H33FN7O3PS/c1-31(2,3)42-30(40)37-28-16(8-33)23-25(34-10-20(32)27(23)44-28)22-19-14-41-13-18(19)17-9-35-29(36-24(17)26(22)43)38-11-15-6-7-39(4,5)21(15)12-38/h9-10,15,21H,6-7,11-14,43H2,1-5H3/p+1. The maximum absolute atomic E-state index is 15.3. The van der Waals surface area contributed by atoms with Crippen LogP contribution in [0.1, 0.15) is 43.9 Å². The molecule has 0 radical (unpaired) electrons. The third-order valence-electron chi connectivity index (χ3n) is 9.08. The number of benzene rings is 1. The van der Waals surface area contributed by atoms with Crippen molar-refractivity contribution in [3.8, 4) is 17.3 Å². The van der Waals surface area contributed by atoms with E-state index in [0.29, 0.717) is 42.2 Å². The Bertz CT molecular complexity index is 1920. The molecular weight excluding hydrogens is 600 g/mol. The molecule has 2 fully saturated rings. The van der Waals surface area contributed by atoms with Crippen LogP contribution in [0.2, 0.25) is 0 Å². The van der Waals surface area contributed by atoms with E-state index in [1.54, 1.807) is 20.8 Å². The van der Waals surface area contributed by atoms with E-state index in [2.05, 4.69) is 44.6 Å². The van der Waals surface area contributed by atoms with Gasteiger partial charge in [-0.05, 0) is 31.9 Å². The number of hydrogen-bond acceptors (Lipinski definition) is 9. The fourth-order valence-corrected chi connectivity index (χ4v) is 8.57. The average molecular weight is 635 g/mol. The molecule has 228 valence electrons. The summed E-state index contributed by atoms with van der Waals surface area (Å²) in [6.45, 7) is 8.99. The predicted octanol–water partition coefficient (Wildman–Crippen LogP) is 5.08. The van der Waals surface area contributed by atoms with Gasteiger partial charge in [0.15, 0.2) is 5.82 Å². The van der Waals surface area contributed by atoms with Gasteiger partial charge in [-0.2, -0.15) is 5.26 Å². The van der Waals surface area contributed by atoms with Gasteiger partial charge in [-0.1, -0.05) is 0 Å². The number of halogens is 1. The molecule has 10 nitrogen and oxygen atoms in total. The number of fused-ring (bicyclic) bond motifs is 5. The zero-order chi connectivity index (χ0) is 31.1. The lowest BCUT2D eigenvalue weighted by Crippen LogP contribution is -2.47. The van der Waals surface area contributed by atoms with Gasteiger partial charge in [0.2, 0.25) is 5.95 Å². The maximum atomic E-state index is 15.3. The van der Waals surface area contributed by atoms with Crippen LogP contribution in [0, 0.1) is 23.1 Å². The monoisotopic (exact) mass is 634 g/mol. The maximum Gasteiger partial charge on any atom is 0.412 e. The van der Waals surface area contributed by atoms with E-state index in [9.17, 15) is 10.1 Å². The van der Waals surface area contributed by atoms with Crippen molar-refractivity contribution >= 4 is 63.9 Å². The normalized spacial score (nSPS) is 20.6. The number of quaternary nitrogens is 1. The number of likely N-dealkylation sites (tertiary alicyclic amines) is 1. The van der Waals surface area contributed by atoms with Crippen molar-refractivity contribution in [1.29, 1.82) is 5.26 Å². The smallest absolute Gasteiger partial charge is 0.412 e. The van der Waals surface area contributed by atoms with Gasteiger partial charge in [0, 0.05) is 46.7 Å². The Labute approximate surface area is 261 Å². The quantitative estimate of drug-likeness (QED) is 0.245. The van der Waals surface area contributed by atoms with Crippen LogP contribution in [0.4, 0.5) is 20.1 Å². The number of hydrogen-bond donors (Lipinski definition) is 1. The molecule has 2 saturated heterocycles. The summed E-state index contributed by atoms with van der Waals surface area (Å²) in [7, 11) is 7.42. The van der Waals surface area contributed by atoms with E-state index in [4.69, 9.17) is 19.4 Å². The minimum absolute atomic E-state index is 0.128. The minimum Gasteiger partial charge on any atom is -0.444 e. The number of carbonyl (C=O) groups is 1. The Balaban J connectivity index is 1.38. The van der Waals surface area contributed by atoms with Crippen LogP contribution in [-0.2, 0) is 22.7 Å². The van der Waals surface area contributed by atoms with Crippen LogP contribution >= 0.6 is 20.6 Å². The largest absolute Gasteiger partial charge is 0.444 e. The van der Waals surface area contributed by atoms with E-state index >= 15 is 4.39 Å². The molecule has 1 N–H and O–H groups in total. The molecule has 3 aromatic heterocycles. The first-order valence-corrected chi connectivity index (χ1v) is 16.0. The lowest BCUT2D eigenvalue weighted by atomic mass is 9.94. The van der Waals surface area contributed by atoms with Crippen LogP contribution in [0.25, 0.3) is 32.2 Å². The molecule has 44 heavy (non-hydrogen) atoms. The Kier molecular flexibility index (Phi) is 6.83. The summed E-state index contributed by atoms with van der Waals surface area (Å²) in [5.74, 6) is 0.730. The number of nitrogens with one attached hydrogen (secondary N) is 1. The molecule has 3 aliphatic heterocycles. The summed E-state index contributed by atoms with van der Waals surface area (Å²) in [5.41, 5.74) is 3.19. The van der Waals surface area contributed by atoms with Gasteiger partial charge in [0.25, 0.3) is 0 Å². The third-order valence-corrected chi connectivity index (χ3v) is 10.8. The van der Waals surface area contributed by atoms with Gasteiger partial charge in [-0.15, -0.1) is 20.6 Å². The summed E-state index contributed by atoms with van der Waals surface area (Å²) >= 11 is 0.987. The topological polar surface area (TPSA) is 113 Å². The van der Waals surface area contributed by atoms with Gasteiger partial charge < -0.3 is 18.9 Å². The number of nitrogens with zero attached hydrogens (tertiary/aromatic N) is 6. The lowest BCUT2D eigenvalue weighted by Gasteiger charge is -2.31. The fraction of sp³-hybridized carbons (Fsp3) is 0.452. The SMILES string of the molecule is CC(C)(C)OC(=O)Nc1sc2c(F)cnc(-c3c4c(c5cnc(N6CC7CC[N+](C)(C)C7C6)nc5c3P)COC4)c2c1C#N. The number of aromatic nitrogens is 3. The molecule has 13 heteroatoms. The number of ether oxygens (including phenoxy) is 2. The average Bonchev–Trinajstić information content (AvgIpc) is 3.73. The van der Waals surface area contributed by atoms with Gasteiger partial charge in [0.1, 0.15) is 22.7 Å². The van der Waals surface area contributed by atoms with Crippen LogP contribution in [-0.4, -0.2) is 70.9 Å². The van der Waals surface area contributed by atoms with Gasteiger partial charge in [-0.3, -0.25) is 10.3 Å². The number of amides is 1. The fourth-order valence-electron chi connectivity index (χ4n) is 7.00. The molecule has 0 saturated carbocycles. The minimum atomic E-state index is -0.741. The molecule has 3 atom stereocenters. The van der Waals surface area contributed by atoms with Gasteiger partial charge >= 0.3 is 6.09 Å². The predicted molar refractivity (Wildman–Crippen MR) is 172 cm³/mol. The summed E-state index contributed by atoms with van der Waals surface area (Å²) in [5, 5.41) is 15.1. The highest BCUT2D eigenvalue weighted by Crippen LogP contribution is 2.45. The molecule has 4 aromatic rings. The van der Waals surface area contributed by atoms with Crippen molar-refractivity contribution in [2.45, 2.75) is 52.0 Å². The first kappa shape index (κ1) is 29.2. The van der Waals surface area contributed by atoms with E-state index in [0.717, 1.165) is 68.0 Å². The molecule has 0 spiro atoms. The summed E-state index contributed by atoms with van der Waals surface area (Å²) in [6, 6.07) is 2.73. The van der Waals surface area contributed by atoms with Crippen molar-refractivity contribution in [2.24, 2.45) is 5.92 Å². The third kappa shape index (κ3) is 4.69. The second kappa shape index (κ2) is 10.3. The Morgan fingerprint density at radius 2 is 2.02 bits per heavy atom. The van der Waals surface area contributed by atoms with E-state index in [-0.39, 0.29) is 15.3 Å². The lowest BCUT2D eigenvalue weighted by molar-refractivity contribution is -0.901. The zero-order valence-corrected chi connectivity index (χ0v) is 27.3. The Morgan fingerprint density at radius 1 is 1.25 bits per heavy atom. The van der Waals surface area contributed by atoms with Crippen LogP contribution in [0.15, 0.2) is 12.4 Å². The first-order valence-electron chi connectivity index (χ1n) is 14.6. The molecule has 6 heterocycles. The number of likely N-dealkylation sites (N-methyl/N-ethyl adjacent to an activating group) is 1. The van der Waals surface area contributed by atoms with Crippen molar-refractivity contribution in [1.82, 2.24) is 15.0 Å². The molecule has 7 rings (SSSR count). The van der Waals surface area contributed by atoms with Crippen LogP contribution < -0.4 is 15.5 Å². The van der Waals surface area contributed by atoms with Gasteiger partial charge in [-0.25, -0.2) is 19.2 Å². The van der Waals surface area contributed by atoms with Crippen LogP contribution in [0.3, 0.4) is 0 Å². The van der Waals surface area contributed by atoms with Crippen molar-refractivity contribution < 1.29 is 23.1 Å². The number of anilines is 2. The van der Waals surface area contributed by atoms with E-state index in [1.807, 2.05) is 6.20 Å². The van der Waals surface area contributed by atoms with E-state index < -0.39 is 17.5 Å². The number of pyridine rings is 1. The van der Waals surface area contributed by atoms with Crippen molar-refractivity contribution in [2.75, 3.05) is 43.9 Å². The molecule has 1 amide bonds. The van der Waals surface area contributed by atoms with Crippen molar-refractivity contribution in [3.63, 3.8) is 0 Å². The molecule has 0 aliphatic carbocycles. The number of rotatable bonds is 3. The summed E-state index contributed by atoms with van der Waals surface area (Å²) in [4.78, 5) is 29.4. The molecule has 3 aliphatic rings. The second-order valence-corrected chi connectivity index (χ2v) is 15.0. The molecule has 1 aromatic carbocycles. The Morgan fingerprint density at radius 3 is 2.75 bits per heavy atom. The Hall–Kier alpha value is -3.49. The second-order valence-electron chi connectivity index (χ2n) is 13.4. The summed E-state index contributed by atoms with van der Waals surface area (Å²) < 4.78 is 27.8. The number of carbonyl (C=O) groups excluding carboxylic acids is 1. The molecule has 3 unspecified atom stereocenters. The highest BCUT2D eigenvalue weighted by molar-refractivity contribution is 7.29. The molecular formula is C31H34FN7O3PS+. The first-order chi connectivity index (χ1) is 20.9. The highest BCUT2D eigenvalue weighted by Gasteiger charge is 2.49. The number of nitriles is 1. The highest BCUT2D eigenvalue weighted by atomic mass is 32.1. The molecule has 0 bridgehead atoms.